The molecule has 0 aliphatic heterocycles. The van der Waals surface area contributed by atoms with Gasteiger partial charge in [-0.25, -0.2) is 0 Å². The summed E-state index contributed by atoms with van der Waals surface area (Å²) in [6.45, 7) is 0.0772. The van der Waals surface area contributed by atoms with Crippen LogP contribution in [0.1, 0.15) is 5.56 Å². The van der Waals surface area contributed by atoms with Crippen molar-refractivity contribution in [3.8, 4) is 0 Å². The molecule has 0 aliphatic rings. The van der Waals surface area contributed by atoms with Gasteiger partial charge in [0.05, 0.1) is 6.61 Å². The number of nitrogens with zero attached hydrogens (tertiary/aromatic N) is 1. The first-order valence-corrected chi connectivity index (χ1v) is 2.43. The molecule has 1 N–H and O–H groups in total. The van der Waals surface area contributed by atoms with Crippen LogP contribution in [0, 0.1) is 0 Å². The Morgan fingerprint density at radius 3 is 2.67 bits per heavy atom. The molecule has 0 aromatic carbocycles. The first kappa shape index (κ1) is 8.69. The molecule has 0 atom stereocenters. The second-order valence-electron chi connectivity index (χ2n) is 1.52. The first-order chi connectivity index (χ1) is 3.93. The molecule has 0 unspecified atom stereocenters. The van der Waals surface area contributed by atoms with Gasteiger partial charge in [0.25, 0.3) is 0 Å². The second-order valence-corrected chi connectivity index (χ2v) is 1.52. The molecule has 1 heterocycles. The molecule has 0 saturated heterocycles. The van der Waals surface area contributed by atoms with Crippen molar-refractivity contribution in [2.75, 3.05) is 0 Å². The number of hydrogen-bond acceptors (Lipinski definition) is 2. The van der Waals surface area contributed by atoms with E-state index in [2.05, 4.69) is 4.98 Å². The Morgan fingerprint density at radius 1 is 1.56 bits per heavy atom. The Hall–Kier alpha value is -0.306. The molecule has 0 spiro atoms. The van der Waals surface area contributed by atoms with Crippen LogP contribution < -0.4 is 0 Å². The zero-order valence-electron chi connectivity index (χ0n) is 4.86. The summed E-state index contributed by atoms with van der Waals surface area (Å²) in [6, 6.07) is 3.62. The van der Waals surface area contributed by atoms with Crippen molar-refractivity contribution >= 4 is 0 Å². The van der Waals surface area contributed by atoms with E-state index in [1.165, 1.54) is 0 Å². The van der Waals surface area contributed by atoms with Crippen LogP contribution in [-0.2, 0) is 25.2 Å². The van der Waals surface area contributed by atoms with E-state index in [1.807, 2.05) is 6.07 Å². The number of aliphatic hydroxyl groups excluding tert-OH is 1. The standard InChI is InChI=1S/C6H7NO.V/c8-5-6-2-1-3-7-4-6;/h1-4,8H,5H2;. The SMILES string of the molecule is OCc1cccnc1.[V]. The topological polar surface area (TPSA) is 33.1 Å². The maximum absolute atomic E-state index is 8.50. The van der Waals surface area contributed by atoms with Gasteiger partial charge in [-0.05, 0) is 11.6 Å². The van der Waals surface area contributed by atoms with Crippen molar-refractivity contribution in [2.24, 2.45) is 0 Å². The van der Waals surface area contributed by atoms with E-state index in [9.17, 15) is 0 Å². The van der Waals surface area contributed by atoms with Gasteiger partial charge in [-0.2, -0.15) is 0 Å². The molecule has 9 heavy (non-hydrogen) atoms. The average Bonchev–Trinajstić information content (AvgIpc) is 1.90. The van der Waals surface area contributed by atoms with E-state index in [0.717, 1.165) is 5.56 Å². The Bertz CT molecular complexity index is 154. The Morgan fingerprint density at radius 2 is 2.33 bits per heavy atom. The molecular formula is C6H7NOV. The van der Waals surface area contributed by atoms with Crippen molar-refractivity contribution in [3.63, 3.8) is 0 Å². The van der Waals surface area contributed by atoms with Gasteiger partial charge in [0.15, 0.2) is 0 Å². The quantitative estimate of drug-likeness (QED) is 0.651. The Kier molecular flexibility index (Phi) is 4.41. The van der Waals surface area contributed by atoms with Crippen LogP contribution in [-0.4, -0.2) is 10.1 Å². The van der Waals surface area contributed by atoms with Crippen LogP contribution in [0.2, 0.25) is 0 Å². The van der Waals surface area contributed by atoms with Crippen LogP contribution in [0.4, 0.5) is 0 Å². The van der Waals surface area contributed by atoms with Gasteiger partial charge in [-0.15, -0.1) is 0 Å². The summed E-state index contributed by atoms with van der Waals surface area (Å²) in [5, 5.41) is 8.50. The number of pyridine rings is 1. The summed E-state index contributed by atoms with van der Waals surface area (Å²) < 4.78 is 0. The van der Waals surface area contributed by atoms with E-state index in [-0.39, 0.29) is 25.2 Å². The van der Waals surface area contributed by atoms with Crippen LogP contribution >= 0.6 is 0 Å². The molecule has 1 aromatic rings. The fourth-order valence-electron chi connectivity index (χ4n) is 0.492. The molecular weight excluding hydrogens is 153 g/mol. The summed E-state index contributed by atoms with van der Waals surface area (Å²) in [6.07, 6.45) is 3.32. The molecule has 0 bridgehead atoms. The smallest absolute Gasteiger partial charge is 0.0696 e. The third-order valence-corrected chi connectivity index (χ3v) is 0.905. The van der Waals surface area contributed by atoms with Crippen LogP contribution in [0.15, 0.2) is 24.5 Å². The van der Waals surface area contributed by atoms with E-state index < -0.39 is 0 Å². The van der Waals surface area contributed by atoms with Gasteiger partial charge in [-0.1, -0.05) is 6.07 Å². The minimum absolute atomic E-state index is 0. The van der Waals surface area contributed by atoms with Crippen molar-refractivity contribution in [2.45, 2.75) is 6.61 Å². The van der Waals surface area contributed by atoms with Gasteiger partial charge in [0.2, 0.25) is 0 Å². The molecule has 0 fully saturated rings. The first-order valence-electron chi connectivity index (χ1n) is 2.43. The van der Waals surface area contributed by atoms with Crippen molar-refractivity contribution in [1.82, 2.24) is 4.98 Å². The van der Waals surface area contributed by atoms with Gasteiger partial charge in [0, 0.05) is 30.9 Å². The van der Waals surface area contributed by atoms with Gasteiger partial charge < -0.3 is 5.11 Å². The molecule has 1 rings (SSSR count). The molecule has 2 nitrogen and oxygen atoms in total. The molecule has 0 aliphatic carbocycles. The van der Waals surface area contributed by atoms with Gasteiger partial charge >= 0.3 is 0 Å². The number of rotatable bonds is 1. The summed E-state index contributed by atoms with van der Waals surface area (Å²) in [5.41, 5.74) is 0.854. The second kappa shape index (κ2) is 4.56. The maximum atomic E-state index is 8.50. The minimum Gasteiger partial charge on any atom is -0.392 e. The largest absolute Gasteiger partial charge is 0.392 e. The monoisotopic (exact) mass is 160 g/mol. The summed E-state index contributed by atoms with van der Waals surface area (Å²) in [5.74, 6) is 0. The van der Waals surface area contributed by atoms with Crippen LogP contribution in [0.3, 0.4) is 0 Å². The zero-order chi connectivity index (χ0) is 5.82. The Labute approximate surface area is 65.8 Å². The van der Waals surface area contributed by atoms with Gasteiger partial charge in [-0.3, -0.25) is 4.98 Å². The van der Waals surface area contributed by atoms with Crippen molar-refractivity contribution < 1.29 is 23.7 Å². The van der Waals surface area contributed by atoms with Crippen molar-refractivity contribution in [3.05, 3.63) is 30.1 Å². The predicted octanol–water partition coefficient (Wildman–Crippen LogP) is 0.571. The molecule has 1 aromatic heterocycles. The van der Waals surface area contributed by atoms with E-state index in [4.69, 9.17) is 5.11 Å². The third-order valence-electron chi connectivity index (χ3n) is 0.905. The third kappa shape index (κ3) is 2.65. The fraction of sp³-hybridized carbons (Fsp3) is 0.167. The van der Waals surface area contributed by atoms with E-state index in [1.54, 1.807) is 18.5 Å². The normalized spacial score (nSPS) is 8.11. The van der Waals surface area contributed by atoms with E-state index in [0.29, 0.717) is 0 Å². The van der Waals surface area contributed by atoms with E-state index >= 15 is 0 Å². The summed E-state index contributed by atoms with van der Waals surface area (Å²) in [7, 11) is 0. The summed E-state index contributed by atoms with van der Waals surface area (Å²) in [4.78, 5) is 3.80. The minimum atomic E-state index is 0. The number of hydrogen-bond donors (Lipinski definition) is 1. The molecule has 1 radical (unpaired) electrons. The van der Waals surface area contributed by atoms with Crippen LogP contribution in [0.5, 0.6) is 0 Å². The van der Waals surface area contributed by atoms with Crippen molar-refractivity contribution in [1.29, 1.82) is 0 Å². The fourth-order valence-corrected chi connectivity index (χ4v) is 0.492. The maximum Gasteiger partial charge on any atom is 0.0696 e. The summed E-state index contributed by atoms with van der Waals surface area (Å²) >= 11 is 0. The zero-order valence-corrected chi connectivity index (χ0v) is 6.25. The molecule has 0 saturated carbocycles. The molecule has 3 heteroatoms. The number of aromatic nitrogens is 1. The molecule has 0 amide bonds. The van der Waals surface area contributed by atoms with Crippen LogP contribution in [0.25, 0.3) is 0 Å². The number of aliphatic hydroxyl groups is 1. The Balaban J connectivity index is 0.000000640. The average molecular weight is 160 g/mol. The molecule has 47 valence electrons. The predicted molar refractivity (Wildman–Crippen MR) is 30.2 cm³/mol. The van der Waals surface area contributed by atoms with Gasteiger partial charge in [0.1, 0.15) is 0 Å².